The minimum atomic E-state index is -0.240. The molecule has 2 aromatic rings. The van der Waals surface area contributed by atoms with Gasteiger partial charge >= 0.3 is 0 Å². The molecule has 1 heterocycles. The topological polar surface area (TPSA) is 61.0 Å². The normalized spacial score (nSPS) is 12.4. The van der Waals surface area contributed by atoms with Crippen molar-refractivity contribution < 1.29 is 4.79 Å². The molecule has 1 atom stereocenters. The van der Waals surface area contributed by atoms with Crippen LogP contribution in [0.3, 0.4) is 0 Å². The lowest BCUT2D eigenvalue weighted by molar-refractivity contribution is -0.120. The van der Waals surface area contributed by atoms with E-state index in [9.17, 15) is 4.79 Å². The Balaban J connectivity index is 1.95. The molecule has 0 saturated carbocycles. The van der Waals surface area contributed by atoms with Crippen LogP contribution in [0.2, 0.25) is 0 Å². The van der Waals surface area contributed by atoms with Crippen molar-refractivity contribution >= 4 is 11.6 Å². The number of imidazole rings is 1. The number of likely N-dealkylation sites (N-methyl/N-ethyl adjacent to an activating group) is 1. The van der Waals surface area contributed by atoms with E-state index in [4.69, 9.17) is 0 Å². The minimum absolute atomic E-state index is 0.0219. The van der Waals surface area contributed by atoms with Gasteiger partial charge in [-0.2, -0.15) is 0 Å². The fourth-order valence-corrected chi connectivity index (χ4v) is 2.09. The lowest BCUT2D eigenvalue weighted by Crippen LogP contribution is -2.39. The van der Waals surface area contributed by atoms with E-state index in [1.807, 2.05) is 57.0 Å². The van der Waals surface area contributed by atoms with Crippen LogP contribution >= 0.6 is 0 Å². The van der Waals surface area contributed by atoms with E-state index < -0.39 is 0 Å². The Morgan fingerprint density at radius 2 is 2.19 bits per heavy atom. The number of carbonyl (C=O) groups is 1. The molecule has 0 aliphatic carbocycles. The van der Waals surface area contributed by atoms with E-state index in [1.165, 1.54) is 0 Å². The number of nitrogens with zero attached hydrogens (tertiary/aromatic N) is 2. The van der Waals surface area contributed by atoms with Gasteiger partial charge in [-0.05, 0) is 45.5 Å². The largest absolute Gasteiger partial charge is 0.345 e. The molecule has 0 saturated heterocycles. The summed E-state index contributed by atoms with van der Waals surface area (Å²) in [5.74, 6) is 0.844. The van der Waals surface area contributed by atoms with Crippen molar-refractivity contribution in [1.29, 1.82) is 0 Å². The summed E-state index contributed by atoms with van der Waals surface area (Å²) in [5, 5.41) is 2.94. The summed E-state index contributed by atoms with van der Waals surface area (Å²) in [4.78, 5) is 21.7. The van der Waals surface area contributed by atoms with Crippen molar-refractivity contribution in [2.24, 2.45) is 0 Å². The van der Waals surface area contributed by atoms with Crippen LogP contribution < -0.4 is 5.32 Å². The zero-order valence-corrected chi connectivity index (χ0v) is 13.0. The number of benzene rings is 1. The minimum Gasteiger partial charge on any atom is -0.345 e. The van der Waals surface area contributed by atoms with Gasteiger partial charge < -0.3 is 10.3 Å². The van der Waals surface area contributed by atoms with Crippen LogP contribution in [0.5, 0.6) is 0 Å². The molecule has 0 spiro atoms. The molecular formula is C16H22N4O. The van der Waals surface area contributed by atoms with Crippen LogP contribution in [0.15, 0.2) is 30.5 Å². The monoisotopic (exact) mass is 286 g/mol. The molecule has 1 aromatic heterocycles. The molecule has 0 aliphatic heterocycles. The molecule has 5 heteroatoms. The molecule has 0 aliphatic rings. The summed E-state index contributed by atoms with van der Waals surface area (Å²) in [6, 6.07) is 7.56. The Morgan fingerprint density at radius 1 is 1.43 bits per heavy atom. The fourth-order valence-electron chi connectivity index (χ4n) is 2.09. The highest BCUT2D eigenvalue weighted by atomic mass is 16.2. The van der Waals surface area contributed by atoms with Crippen LogP contribution in [0.1, 0.15) is 24.0 Å². The number of hydrogen-bond acceptors (Lipinski definition) is 3. The maximum atomic E-state index is 12.3. The number of amides is 1. The first-order valence-corrected chi connectivity index (χ1v) is 7.04. The van der Waals surface area contributed by atoms with E-state index in [2.05, 4.69) is 15.3 Å². The number of H-pyrrole nitrogens is 1. The van der Waals surface area contributed by atoms with Crippen LogP contribution in [0.25, 0.3) is 0 Å². The number of aromatic nitrogens is 2. The van der Waals surface area contributed by atoms with Gasteiger partial charge in [0.1, 0.15) is 5.82 Å². The fraction of sp³-hybridized carbons (Fsp3) is 0.375. The zero-order chi connectivity index (χ0) is 15.4. The molecule has 2 N–H and O–H groups in total. The molecule has 112 valence electrons. The van der Waals surface area contributed by atoms with Gasteiger partial charge in [-0.3, -0.25) is 9.69 Å². The summed E-state index contributed by atoms with van der Waals surface area (Å²) < 4.78 is 0. The third kappa shape index (κ3) is 4.16. The molecule has 0 fully saturated rings. The molecule has 0 unspecified atom stereocenters. The summed E-state index contributed by atoms with van der Waals surface area (Å²) in [6.07, 6.45) is 1.79. The number of hydrogen-bond donors (Lipinski definition) is 2. The smallest absolute Gasteiger partial charge is 0.241 e. The molecule has 1 aromatic carbocycles. The van der Waals surface area contributed by atoms with E-state index in [-0.39, 0.29) is 11.9 Å². The van der Waals surface area contributed by atoms with Crippen LogP contribution in [-0.4, -0.2) is 33.9 Å². The number of anilines is 1. The Bertz CT molecular complexity index is 620. The number of carbonyl (C=O) groups excluding carboxylic acids is 1. The second-order valence-electron chi connectivity index (χ2n) is 5.46. The van der Waals surface area contributed by atoms with E-state index in [0.29, 0.717) is 6.54 Å². The van der Waals surface area contributed by atoms with E-state index >= 15 is 0 Å². The van der Waals surface area contributed by atoms with Crippen molar-refractivity contribution in [3.63, 3.8) is 0 Å². The Hall–Kier alpha value is -2.14. The van der Waals surface area contributed by atoms with Gasteiger partial charge in [0.15, 0.2) is 0 Å². The first-order valence-electron chi connectivity index (χ1n) is 7.04. The summed E-state index contributed by atoms with van der Waals surface area (Å²) in [5.41, 5.74) is 2.98. The Labute approximate surface area is 125 Å². The van der Waals surface area contributed by atoms with Crippen LogP contribution in [0.4, 0.5) is 5.69 Å². The molecule has 0 radical (unpaired) electrons. The average Bonchev–Trinajstić information content (AvgIpc) is 2.83. The second kappa shape index (κ2) is 6.54. The first-order chi connectivity index (χ1) is 9.95. The van der Waals surface area contributed by atoms with Crippen molar-refractivity contribution in [2.45, 2.75) is 33.4 Å². The van der Waals surface area contributed by atoms with Crippen LogP contribution in [-0.2, 0) is 11.3 Å². The predicted molar refractivity (Wildman–Crippen MR) is 84.1 cm³/mol. The lowest BCUT2D eigenvalue weighted by Gasteiger charge is -2.23. The molecule has 2 rings (SSSR count). The van der Waals surface area contributed by atoms with Crippen molar-refractivity contribution in [3.05, 3.63) is 47.5 Å². The second-order valence-corrected chi connectivity index (χ2v) is 5.46. The molecule has 21 heavy (non-hydrogen) atoms. The molecule has 0 bridgehead atoms. The quantitative estimate of drug-likeness (QED) is 0.887. The highest BCUT2D eigenvalue weighted by molar-refractivity contribution is 5.94. The van der Waals surface area contributed by atoms with Crippen molar-refractivity contribution in [1.82, 2.24) is 14.9 Å². The van der Waals surface area contributed by atoms with Gasteiger partial charge in [0.2, 0.25) is 5.91 Å². The van der Waals surface area contributed by atoms with E-state index in [1.54, 1.807) is 6.20 Å². The van der Waals surface area contributed by atoms with Gasteiger partial charge in [-0.1, -0.05) is 12.1 Å². The van der Waals surface area contributed by atoms with Gasteiger partial charge in [0.25, 0.3) is 0 Å². The Kier molecular flexibility index (Phi) is 4.75. The van der Waals surface area contributed by atoms with E-state index in [0.717, 1.165) is 22.8 Å². The molecular weight excluding hydrogens is 264 g/mol. The highest BCUT2D eigenvalue weighted by Crippen LogP contribution is 2.11. The number of aromatic amines is 1. The average molecular weight is 286 g/mol. The summed E-state index contributed by atoms with van der Waals surface area (Å²) in [7, 11) is 1.92. The highest BCUT2D eigenvalue weighted by Gasteiger charge is 2.19. The van der Waals surface area contributed by atoms with Gasteiger partial charge in [0, 0.05) is 17.6 Å². The number of aryl methyl sites for hydroxylation is 2. The molecule has 5 nitrogen and oxygen atoms in total. The third-order valence-electron chi connectivity index (χ3n) is 3.48. The van der Waals surface area contributed by atoms with Gasteiger partial charge in [-0.25, -0.2) is 4.98 Å². The standard InChI is InChI=1S/C16H22N4O/c1-11-6-5-7-14(8-11)19-16(21)13(3)20(4)10-15-17-9-12(2)18-15/h5-9,13H,10H2,1-4H3,(H,17,18)(H,19,21)/t13-/m0/s1. The SMILES string of the molecule is Cc1cccc(NC(=O)[C@H](C)N(C)Cc2ncc(C)[nH]2)c1. The maximum absolute atomic E-state index is 12.3. The third-order valence-corrected chi connectivity index (χ3v) is 3.48. The number of nitrogens with one attached hydrogen (secondary N) is 2. The first kappa shape index (κ1) is 15.3. The summed E-state index contributed by atoms with van der Waals surface area (Å²) >= 11 is 0. The zero-order valence-electron chi connectivity index (χ0n) is 13.0. The number of rotatable bonds is 5. The van der Waals surface area contributed by atoms with Gasteiger partial charge in [0.05, 0.1) is 12.6 Å². The lowest BCUT2D eigenvalue weighted by atomic mass is 10.2. The Morgan fingerprint density at radius 3 is 2.81 bits per heavy atom. The van der Waals surface area contributed by atoms with Gasteiger partial charge in [-0.15, -0.1) is 0 Å². The predicted octanol–water partition coefficient (Wildman–Crippen LogP) is 2.49. The van der Waals surface area contributed by atoms with Crippen molar-refractivity contribution in [3.8, 4) is 0 Å². The summed E-state index contributed by atoms with van der Waals surface area (Å²) in [6.45, 7) is 6.46. The van der Waals surface area contributed by atoms with Crippen molar-refractivity contribution in [2.75, 3.05) is 12.4 Å². The van der Waals surface area contributed by atoms with Crippen LogP contribution in [0, 0.1) is 13.8 Å². The maximum Gasteiger partial charge on any atom is 0.241 e. The molecule has 1 amide bonds.